The summed E-state index contributed by atoms with van der Waals surface area (Å²) >= 11 is 0. The van der Waals surface area contributed by atoms with Gasteiger partial charge in [0.05, 0.1) is 32.2 Å². The Balaban J connectivity index is 1.33. The van der Waals surface area contributed by atoms with Crippen molar-refractivity contribution in [3.05, 3.63) is 66.1 Å². The number of nitrogens with zero attached hydrogens (tertiary/aromatic N) is 2. The van der Waals surface area contributed by atoms with Crippen molar-refractivity contribution in [3.8, 4) is 22.4 Å². The second-order valence-electron chi connectivity index (χ2n) is 13.3. The fourth-order valence-electron chi connectivity index (χ4n) is 5.98. The highest BCUT2D eigenvalue weighted by Gasteiger charge is 2.35. The quantitative estimate of drug-likeness (QED) is 0.174. The molecule has 1 aromatic heterocycles. The minimum absolute atomic E-state index is 0.127. The van der Waals surface area contributed by atoms with E-state index >= 15 is 0 Å². The van der Waals surface area contributed by atoms with Crippen molar-refractivity contribution in [1.82, 2.24) is 36.1 Å². The fraction of sp³-hybridized carbons (Fsp3) is 0.459. The van der Waals surface area contributed by atoms with Gasteiger partial charge in [-0.15, -0.1) is 0 Å². The number of methoxy groups -OCH3 is 2. The van der Waals surface area contributed by atoms with Crippen LogP contribution in [-0.2, 0) is 19.1 Å². The van der Waals surface area contributed by atoms with Crippen molar-refractivity contribution in [3.63, 3.8) is 0 Å². The van der Waals surface area contributed by atoms with Crippen LogP contribution in [0.3, 0.4) is 0 Å². The van der Waals surface area contributed by atoms with Crippen LogP contribution in [0.1, 0.15) is 69.7 Å². The van der Waals surface area contributed by atoms with E-state index in [-0.39, 0.29) is 35.6 Å². The lowest BCUT2D eigenvalue weighted by Gasteiger charge is -2.30. The molecular formula is C37H49N7O7. The van der Waals surface area contributed by atoms with Gasteiger partial charge in [0, 0.05) is 24.7 Å². The summed E-state index contributed by atoms with van der Waals surface area (Å²) in [5.74, 6) is -0.459. The average Bonchev–Trinajstić information content (AvgIpc) is 3.82. The van der Waals surface area contributed by atoms with Crippen LogP contribution in [0.5, 0.6) is 0 Å². The van der Waals surface area contributed by atoms with Crippen molar-refractivity contribution in [2.75, 3.05) is 27.3 Å². The number of benzene rings is 2. The van der Waals surface area contributed by atoms with Crippen LogP contribution >= 0.6 is 0 Å². The van der Waals surface area contributed by atoms with Crippen molar-refractivity contribution < 1.29 is 33.4 Å². The van der Waals surface area contributed by atoms with E-state index in [2.05, 4.69) is 36.0 Å². The highest BCUT2D eigenvalue weighted by Crippen LogP contribution is 2.26. The van der Waals surface area contributed by atoms with Gasteiger partial charge in [0.15, 0.2) is 0 Å². The minimum atomic E-state index is -0.757. The van der Waals surface area contributed by atoms with E-state index in [4.69, 9.17) is 4.74 Å². The topological polar surface area (TPSA) is 184 Å². The third-order valence-corrected chi connectivity index (χ3v) is 9.00. The number of rotatable bonds is 13. The first-order valence-electron chi connectivity index (χ1n) is 17.2. The molecule has 1 saturated heterocycles. The Labute approximate surface area is 298 Å². The molecule has 1 aliphatic heterocycles. The number of hydrogen-bond acceptors (Lipinski definition) is 8. The summed E-state index contributed by atoms with van der Waals surface area (Å²) < 4.78 is 9.34. The van der Waals surface area contributed by atoms with Crippen molar-refractivity contribution in [2.24, 2.45) is 11.8 Å². The van der Waals surface area contributed by atoms with Crippen molar-refractivity contribution in [1.29, 1.82) is 0 Å². The van der Waals surface area contributed by atoms with Gasteiger partial charge >= 0.3 is 12.2 Å². The van der Waals surface area contributed by atoms with Gasteiger partial charge in [0.25, 0.3) is 5.91 Å². The number of amides is 5. The lowest BCUT2D eigenvalue weighted by atomic mass is 10.0. The molecule has 5 amide bonds. The van der Waals surface area contributed by atoms with Crippen molar-refractivity contribution in [2.45, 2.75) is 71.6 Å². The summed E-state index contributed by atoms with van der Waals surface area (Å²) in [6.07, 6.45) is 1.95. The number of H-pyrrole nitrogens is 1. The molecule has 5 N–H and O–H groups in total. The Morgan fingerprint density at radius 3 is 1.92 bits per heavy atom. The SMILES string of the molecule is COC(=O)N[C@H](C(=O)N[C@@H](C)c1ncc(-c2ccc(-c3ccc(C(=O)NC[C@@H]4CCCN4C(=O)[C@@H](NC(=O)OC)C(C)C)cc3)cc2)[nH]1)C(C)C. The maximum atomic E-state index is 13.3. The molecule has 2 aromatic carbocycles. The molecular weight excluding hydrogens is 654 g/mol. The largest absolute Gasteiger partial charge is 0.453 e. The maximum absolute atomic E-state index is 13.3. The van der Waals surface area contributed by atoms with E-state index in [0.717, 1.165) is 35.2 Å². The number of hydrogen-bond donors (Lipinski definition) is 5. The molecule has 3 aromatic rings. The number of nitrogens with one attached hydrogen (secondary N) is 5. The van der Waals surface area contributed by atoms with Gasteiger partial charge in [-0.2, -0.15) is 0 Å². The summed E-state index contributed by atoms with van der Waals surface area (Å²) in [6.45, 7) is 10.1. The average molecular weight is 704 g/mol. The summed E-state index contributed by atoms with van der Waals surface area (Å²) in [4.78, 5) is 72.1. The van der Waals surface area contributed by atoms with Gasteiger partial charge in [0.1, 0.15) is 17.9 Å². The molecule has 1 fully saturated rings. The standard InChI is InChI=1S/C37H49N7O7/c1-21(2)30(42-36(48)50-6)34(46)40-23(5)32-38-20-29(41-32)26-14-10-24(11-15-26)25-12-16-27(17-13-25)33(45)39-19-28-9-8-18-44(28)35(47)31(22(3)4)43-37(49)51-7/h10-17,20-23,28,30-31H,8-9,18-19H2,1-7H3,(H,38,41)(H,39,45)(H,40,46)(H,42,48)(H,43,49)/t23-,28-,30-,31-/m0/s1. The summed E-state index contributed by atoms with van der Waals surface area (Å²) in [7, 11) is 2.51. The summed E-state index contributed by atoms with van der Waals surface area (Å²) in [6, 6.07) is 13.1. The van der Waals surface area contributed by atoms with E-state index in [1.165, 1.54) is 14.2 Å². The Morgan fingerprint density at radius 1 is 0.804 bits per heavy atom. The molecule has 14 nitrogen and oxygen atoms in total. The lowest BCUT2D eigenvalue weighted by molar-refractivity contribution is -0.135. The van der Waals surface area contributed by atoms with Gasteiger partial charge in [-0.3, -0.25) is 14.4 Å². The normalized spacial score (nSPS) is 15.9. The molecule has 274 valence electrons. The Morgan fingerprint density at radius 2 is 1.35 bits per heavy atom. The van der Waals surface area contributed by atoms with Crippen LogP contribution in [0.25, 0.3) is 22.4 Å². The number of aromatic nitrogens is 2. The van der Waals surface area contributed by atoms with E-state index in [0.29, 0.717) is 24.5 Å². The number of carbonyl (C=O) groups is 5. The third kappa shape index (κ3) is 9.86. The molecule has 14 heteroatoms. The first kappa shape index (κ1) is 38.4. The number of alkyl carbamates (subject to hydrolysis) is 2. The zero-order chi connectivity index (χ0) is 37.2. The smallest absolute Gasteiger partial charge is 0.407 e. The van der Waals surface area contributed by atoms with E-state index in [1.54, 1.807) is 23.2 Å². The first-order valence-corrected chi connectivity index (χ1v) is 17.2. The molecule has 51 heavy (non-hydrogen) atoms. The second kappa shape index (κ2) is 17.5. The molecule has 2 heterocycles. The number of ether oxygens (including phenoxy) is 2. The van der Waals surface area contributed by atoms with Crippen LogP contribution in [-0.4, -0.2) is 90.2 Å². The van der Waals surface area contributed by atoms with Crippen LogP contribution in [0.15, 0.2) is 54.7 Å². The second-order valence-corrected chi connectivity index (χ2v) is 13.3. The van der Waals surface area contributed by atoms with Gasteiger partial charge in [0.2, 0.25) is 11.8 Å². The monoisotopic (exact) mass is 703 g/mol. The highest BCUT2D eigenvalue weighted by molar-refractivity contribution is 5.95. The van der Waals surface area contributed by atoms with Crippen LogP contribution < -0.4 is 21.3 Å². The highest BCUT2D eigenvalue weighted by atomic mass is 16.5. The van der Waals surface area contributed by atoms with E-state index < -0.39 is 30.3 Å². The Hall–Kier alpha value is -5.40. The summed E-state index contributed by atoms with van der Waals surface area (Å²) in [5.41, 5.74) is 4.08. The zero-order valence-corrected chi connectivity index (χ0v) is 30.2. The third-order valence-electron chi connectivity index (χ3n) is 9.00. The van der Waals surface area contributed by atoms with Gasteiger partial charge in [-0.05, 0) is 60.4 Å². The zero-order valence-electron chi connectivity index (χ0n) is 30.2. The number of likely N-dealkylation sites (tertiary alicyclic amines) is 1. The van der Waals surface area contributed by atoms with Crippen molar-refractivity contribution >= 4 is 29.9 Å². The van der Waals surface area contributed by atoms with Crippen LogP contribution in [0.2, 0.25) is 0 Å². The number of carbonyl (C=O) groups excluding carboxylic acids is 5. The first-order chi connectivity index (χ1) is 24.3. The molecule has 1 aliphatic rings. The predicted molar refractivity (Wildman–Crippen MR) is 191 cm³/mol. The molecule has 4 rings (SSSR count). The molecule has 0 radical (unpaired) electrons. The maximum Gasteiger partial charge on any atom is 0.407 e. The number of imidazole rings is 1. The molecule has 4 atom stereocenters. The molecule has 0 spiro atoms. The van der Waals surface area contributed by atoms with Crippen LogP contribution in [0, 0.1) is 11.8 Å². The Bertz CT molecular complexity index is 1670. The minimum Gasteiger partial charge on any atom is -0.453 e. The summed E-state index contributed by atoms with van der Waals surface area (Å²) in [5, 5.41) is 11.1. The predicted octanol–water partition coefficient (Wildman–Crippen LogP) is 4.40. The molecule has 0 bridgehead atoms. The molecule has 0 unspecified atom stereocenters. The van der Waals surface area contributed by atoms with Crippen LogP contribution in [0.4, 0.5) is 9.59 Å². The van der Waals surface area contributed by atoms with Gasteiger partial charge < -0.3 is 40.6 Å². The fourth-order valence-corrected chi connectivity index (χ4v) is 5.98. The van der Waals surface area contributed by atoms with Gasteiger partial charge in [-0.25, -0.2) is 14.6 Å². The van der Waals surface area contributed by atoms with E-state index in [9.17, 15) is 24.0 Å². The molecule has 0 aliphatic carbocycles. The van der Waals surface area contributed by atoms with E-state index in [1.807, 2.05) is 71.0 Å². The molecule has 0 saturated carbocycles. The Kier molecular flexibility index (Phi) is 13.2. The van der Waals surface area contributed by atoms with Gasteiger partial charge in [-0.1, -0.05) is 64.1 Å². The number of aromatic amines is 1. The lowest BCUT2D eigenvalue weighted by Crippen LogP contribution is -2.54.